The van der Waals surface area contributed by atoms with Crippen LogP contribution in [-0.2, 0) is 9.59 Å². The third-order valence-electron chi connectivity index (χ3n) is 2.63. The Hall–Kier alpha value is -0.328. The Morgan fingerprint density at radius 2 is 1.57 bits per heavy atom. The molecule has 0 saturated carbocycles. The molecule has 1 N–H and O–H groups in total. The molecule has 0 aliphatic carbocycles. The summed E-state index contributed by atoms with van der Waals surface area (Å²) in [5.74, 6) is -1.11. The molecule has 82 valence electrons. The summed E-state index contributed by atoms with van der Waals surface area (Å²) in [5, 5.41) is 9.00. The van der Waals surface area contributed by atoms with Crippen molar-refractivity contribution in [1.29, 1.82) is 0 Å². The number of ketones is 1. The average Bonchev–Trinajstić information content (AvgIpc) is 2.07. The van der Waals surface area contributed by atoms with Gasteiger partial charge in [0, 0.05) is 6.42 Å². The highest BCUT2D eigenvalue weighted by Gasteiger charge is 2.41. The fraction of sp³-hybridized carbons (Fsp3) is 0.800. The SMILES string of the molecule is CCCC(=O)C(CC)(CC)C(=O)O.[AlH3]. The van der Waals surface area contributed by atoms with Crippen molar-refractivity contribution < 1.29 is 14.7 Å². The molecule has 0 aromatic carbocycles. The Bertz CT molecular complexity index is 198. The fourth-order valence-electron chi connectivity index (χ4n) is 1.53. The molecule has 0 spiro atoms. The maximum atomic E-state index is 11.6. The van der Waals surface area contributed by atoms with E-state index in [1.165, 1.54) is 0 Å². The van der Waals surface area contributed by atoms with E-state index in [-0.39, 0.29) is 23.1 Å². The summed E-state index contributed by atoms with van der Waals surface area (Å²) in [6.07, 6.45) is 1.86. The number of carbonyl (C=O) groups is 2. The van der Waals surface area contributed by atoms with Gasteiger partial charge in [-0.1, -0.05) is 20.8 Å². The number of carboxylic acids is 1. The second kappa shape index (κ2) is 7.03. The van der Waals surface area contributed by atoms with Gasteiger partial charge in [0.1, 0.15) is 11.2 Å². The molecule has 0 unspecified atom stereocenters. The van der Waals surface area contributed by atoms with Crippen LogP contribution in [-0.4, -0.2) is 34.2 Å². The number of carbonyl (C=O) groups excluding carboxylic acids is 1. The Morgan fingerprint density at radius 1 is 1.14 bits per heavy atom. The molecule has 0 saturated heterocycles. The highest BCUT2D eigenvalue weighted by Crippen LogP contribution is 2.29. The van der Waals surface area contributed by atoms with E-state index in [1.54, 1.807) is 13.8 Å². The average molecular weight is 216 g/mol. The van der Waals surface area contributed by atoms with E-state index in [4.69, 9.17) is 5.11 Å². The van der Waals surface area contributed by atoms with Crippen molar-refractivity contribution >= 4 is 29.1 Å². The summed E-state index contributed by atoms with van der Waals surface area (Å²) >= 11 is 0. The Kier molecular flexibility index (Phi) is 8.09. The lowest BCUT2D eigenvalue weighted by Crippen LogP contribution is -2.38. The van der Waals surface area contributed by atoms with Crippen molar-refractivity contribution in [2.24, 2.45) is 5.41 Å². The van der Waals surface area contributed by atoms with Crippen LogP contribution in [0.1, 0.15) is 46.5 Å². The van der Waals surface area contributed by atoms with Crippen molar-refractivity contribution in [1.82, 2.24) is 0 Å². The molecule has 0 aromatic heterocycles. The molecule has 0 aliphatic rings. The van der Waals surface area contributed by atoms with Crippen LogP contribution in [0.15, 0.2) is 0 Å². The molecular formula is C10H21AlO3. The molecule has 0 atom stereocenters. The van der Waals surface area contributed by atoms with Gasteiger partial charge in [-0.3, -0.25) is 9.59 Å². The summed E-state index contributed by atoms with van der Waals surface area (Å²) in [6.45, 7) is 5.40. The van der Waals surface area contributed by atoms with E-state index in [0.717, 1.165) is 0 Å². The van der Waals surface area contributed by atoms with E-state index >= 15 is 0 Å². The fourth-order valence-corrected chi connectivity index (χ4v) is 1.53. The molecule has 0 aromatic rings. The first-order valence-corrected chi connectivity index (χ1v) is 4.81. The minimum absolute atomic E-state index is 0. The van der Waals surface area contributed by atoms with Gasteiger partial charge >= 0.3 is 5.97 Å². The smallest absolute Gasteiger partial charge is 0.317 e. The number of hydrogen-bond donors (Lipinski definition) is 1. The molecule has 14 heavy (non-hydrogen) atoms. The van der Waals surface area contributed by atoms with Gasteiger partial charge in [-0.25, -0.2) is 0 Å². The summed E-state index contributed by atoms with van der Waals surface area (Å²) in [7, 11) is 0. The van der Waals surface area contributed by atoms with Crippen LogP contribution < -0.4 is 0 Å². The number of carboxylic acid groups (broad SMARTS) is 1. The minimum atomic E-state index is -1.13. The quantitative estimate of drug-likeness (QED) is 0.533. The van der Waals surface area contributed by atoms with E-state index in [2.05, 4.69) is 0 Å². The topological polar surface area (TPSA) is 54.4 Å². The minimum Gasteiger partial charge on any atom is -0.480 e. The van der Waals surface area contributed by atoms with E-state index < -0.39 is 11.4 Å². The van der Waals surface area contributed by atoms with Gasteiger partial charge in [0.2, 0.25) is 0 Å². The molecule has 0 bridgehead atoms. The van der Waals surface area contributed by atoms with Gasteiger partial charge in [0.05, 0.1) is 0 Å². The van der Waals surface area contributed by atoms with Crippen LogP contribution >= 0.6 is 0 Å². The molecule has 0 rings (SSSR count). The first-order valence-electron chi connectivity index (χ1n) is 4.81. The number of Topliss-reactive ketones (excluding diaryl/α,β-unsaturated/α-hetero) is 1. The Balaban J connectivity index is 0. The molecule has 0 heterocycles. The van der Waals surface area contributed by atoms with Gasteiger partial charge in [0.15, 0.2) is 17.4 Å². The van der Waals surface area contributed by atoms with Gasteiger partial charge in [-0.15, -0.1) is 0 Å². The number of aliphatic carboxylic acids is 1. The molecular weight excluding hydrogens is 195 g/mol. The van der Waals surface area contributed by atoms with Crippen LogP contribution in [0, 0.1) is 5.41 Å². The van der Waals surface area contributed by atoms with E-state index in [0.29, 0.717) is 25.7 Å². The van der Waals surface area contributed by atoms with Crippen LogP contribution in [0.4, 0.5) is 0 Å². The van der Waals surface area contributed by atoms with Crippen LogP contribution in [0.3, 0.4) is 0 Å². The monoisotopic (exact) mass is 216 g/mol. The third kappa shape index (κ3) is 3.11. The van der Waals surface area contributed by atoms with Crippen molar-refractivity contribution in [2.45, 2.75) is 46.5 Å². The first-order chi connectivity index (χ1) is 6.05. The van der Waals surface area contributed by atoms with Crippen LogP contribution in [0.5, 0.6) is 0 Å². The molecule has 0 radical (unpaired) electrons. The maximum Gasteiger partial charge on any atom is 0.317 e. The van der Waals surface area contributed by atoms with Crippen molar-refractivity contribution in [3.05, 3.63) is 0 Å². The lowest BCUT2D eigenvalue weighted by atomic mass is 9.77. The van der Waals surface area contributed by atoms with E-state index in [9.17, 15) is 9.59 Å². The third-order valence-corrected chi connectivity index (χ3v) is 2.63. The predicted octanol–water partition coefficient (Wildman–Crippen LogP) is 1.06. The van der Waals surface area contributed by atoms with Crippen molar-refractivity contribution in [3.63, 3.8) is 0 Å². The van der Waals surface area contributed by atoms with Crippen LogP contribution in [0.2, 0.25) is 0 Å². The van der Waals surface area contributed by atoms with Crippen molar-refractivity contribution in [3.8, 4) is 0 Å². The summed E-state index contributed by atoms with van der Waals surface area (Å²) in [4.78, 5) is 22.6. The normalized spacial score (nSPS) is 10.5. The van der Waals surface area contributed by atoms with Gasteiger partial charge in [-0.2, -0.15) is 0 Å². The molecule has 0 aliphatic heterocycles. The second-order valence-corrected chi connectivity index (χ2v) is 3.27. The van der Waals surface area contributed by atoms with Crippen LogP contribution in [0.25, 0.3) is 0 Å². The lowest BCUT2D eigenvalue weighted by molar-refractivity contribution is -0.155. The number of hydrogen-bond acceptors (Lipinski definition) is 2. The zero-order valence-corrected chi connectivity index (χ0v) is 8.59. The molecule has 4 heteroatoms. The van der Waals surface area contributed by atoms with Gasteiger partial charge < -0.3 is 5.11 Å². The summed E-state index contributed by atoms with van der Waals surface area (Å²) in [5.41, 5.74) is -1.13. The van der Waals surface area contributed by atoms with Gasteiger partial charge in [-0.05, 0) is 19.3 Å². The first kappa shape index (κ1) is 16.1. The molecule has 0 amide bonds. The van der Waals surface area contributed by atoms with E-state index in [1.807, 2.05) is 6.92 Å². The van der Waals surface area contributed by atoms with Crippen molar-refractivity contribution in [2.75, 3.05) is 0 Å². The Labute approximate surface area is 96.0 Å². The molecule has 3 nitrogen and oxygen atoms in total. The largest absolute Gasteiger partial charge is 0.480 e. The van der Waals surface area contributed by atoms with Gasteiger partial charge in [0.25, 0.3) is 0 Å². The lowest BCUT2D eigenvalue weighted by Gasteiger charge is -2.24. The molecule has 0 fully saturated rings. The standard InChI is InChI=1S/C10H18O3.Al.3H/c1-4-7-8(11)10(5-2,6-3)9(12)13;;;;/h4-7H2,1-3H3,(H,12,13);;;;. The highest BCUT2D eigenvalue weighted by atomic mass is 27.0. The maximum absolute atomic E-state index is 11.6. The zero-order chi connectivity index (χ0) is 10.5. The predicted molar refractivity (Wildman–Crippen MR) is 60.5 cm³/mol. The Morgan fingerprint density at radius 3 is 1.79 bits per heavy atom. The second-order valence-electron chi connectivity index (χ2n) is 3.27. The summed E-state index contributed by atoms with van der Waals surface area (Å²) in [6, 6.07) is 0. The highest BCUT2D eigenvalue weighted by molar-refractivity contribution is 6.02. The number of rotatable bonds is 6. The summed E-state index contributed by atoms with van der Waals surface area (Å²) < 4.78 is 0. The zero-order valence-electron chi connectivity index (χ0n) is 8.59.